The molecule has 2 heterocycles. The highest BCUT2D eigenvalue weighted by molar-refractivity contribution is 7.92. The number of sulfonamides is 1. The summed E-state index contributed by atoms with van der Waals surface area (Å²) in [5.74, 6) is 0.912. The van der Waals surface area contributed by atoms with Gasteiger partial charge in [0.25, 0.3) is 10.0 Å². The maximum absolute atomic E-state index is 12.3. The van der Waals surface area contributed by atoms with Crippen molar-refractivity contribution in [2.45, 2.75) is 17.4 Å². The predicted molar refractivity (Wildman–Crippen MR) is 96.9 cm³/mol. The number of aromatic nitrogens is 1. The molecule has 2 aromatic rings. The standard InChI is InChI=1S/C16H19N3O4S2/c1-19(14-9-10-24(20,21)12-14)16-8-7-13(11-17-16)18-25(22,23)15-5-3-2-4-6-15/h2-8,11,14,18H,9-10,12H2,1H3. The minimum Gasteiger partial charge on any atom is -0.356 e. The molecule has 0 aliphatic carbocycles. The van der Waals surface area contributed by atoms with Crippen molar-refractivity contribution in [1.82, 2.24) is 4.98 Å². The van der Waals surface area contributed by atoms with Crippen molar-refractivity contribution < 1.29 is 16.8 Å². The Morgan fingerprint density at radius 1 is 1.16 bits per heavy atom. The van der Waals surface area contributed by atoms with Gasteiger partial charge in [0, 0.05) is 13.1 Å². The molecular weight excluding hydrogens is 362 g/mol. The van der Waals surface area contributed by atoms with Gasteiger partial charge < -0.3 is 4.90 Å². The number of rotatable bonds is 5. The van der Waals surface area contributed by atoms with E-state index < -0.39 is 19.9 Å². The van der Waals surface area contributed by atoms with Crippen molar-refractivity contribution in [1.29, 1.82) is 0 Å². The van der Waals surface area contributed by atoms with Crippen LogP contribution >= 0.6 is 0 Å². The van der Waals surface area contributed by atoms with Crippen molar-refractivity contribution in [3.8, 4) is 0 Å². The molecule has 1 unspecified atom stereocenters. The molecule has 1 saturated heterocycles. The van der Waals surface area contributed by atoms with Crippen LogP contribution < -0.4 is 9.62 Å². The van der Waals surface area contributed by atoms with E-state index in [1.54, 1.807) is 37.4 Å². The molecule has 0 saturated carbocycles. The first-order chi connectivity index (χ1) is 11.8. The molecule has 0 amide bonds. The summed E-state index contributed by atoms with van der Waals surface area (Å²) >= 11 is 0. The molecule has 25 heavy (non-hydrogen) atoms. The van der Waals surface area contributed by atoms with Gasteiger partial charge in [0.15, 0.2) is 9.84 Å². The zero-order valence-electron chi connectivity index (χ0n) is 13.7. The number of hydrogen-bond donors (Lipinski definition) is 1. The van der Waals surface area contributed by atoms with Crippen LogP contribution in [0.5, 0.6) is 0 Å². The van der Waals surface area contributed by atoms with Crippen LogP contribution in [-0.4, -0.2) is 46.4 Å². The van der Waals surface area contributed by atoms with E-state index in [1.165, 1.54) is 18.3 Å². The first kappa shape index (κ1) is 17.7. The molecule has 1 aliphatic rings. The largest absolute Gasteiger partial charge is 0.356 e. The Morgan fingerprint density at radius 3 is 2.44 bits per heavy atom. The molecule has 1 aromatic carbocycles. The fraction of sp³-hybridized carbons (Fsp3) is 0.312. The Kier molecular flexibility index (Phi) is 4.70. The topological polar surface area (TPSA) is 96.4 Å². The van der Waals surface area contributed by atoms with Crippen LogP contribution in [0.2, 0.25) is 0 Å². The molecule has 7 nitrogen and oxygen atoms in total. The monoisotopic (exact) mass is 381 g/mol. The minimum atomic E-state index is -3.66. The molecule has 0 bridgehead atoms. The Labute approximate surface area is 147 Å². The Morgan fingerprint density at radius 2 is 1.88 bits per heavy atom. The van der Waals surface area contributed by atoms with Crippen molar-refractivity contribution in [2.75, 3.05) is 28.2 Å². The molecule has 0 radical (unpaired) electrons. The fourth-order valence-corrected chi connectivity index (χ4v) is 5.58. The lowest BCUT2D eigenvalue weighted by molar-refractivity contribution is 0.599. The average molecular weight is 381 g/mol. The van der Waals surface area contributed by atoms with Gasteiger partial charge >= 0.3 is 0 Å². The van der Waals surface area contributed by atoms with Crippen molar-refractivity contribution >= 4 is 31.4 Å². The molecule has 3 rings (SSSR count). The minimum absolute atomic E-state index is 0.107. The van der Waals surface area contributed by atoms with Gasteiger partial charge in [-0.25, -0.2) is 21.8 Å². The number of hydrogen-bond acceptors (Lipinski definition) is 6. The summed E-state index contributed by atoms with van der Waals surface area (Å²) in [5, 5.41) is 0. The van der Waals surface area contributed by atoms with Gasteiger partial charge in [-0.3, -0.25) is 4.72 Å². The molecule has 1 N–H and O–H groups in total. The van der Waals surface area contributed by atoms with E-state index >= 15 is 0 Å². The molecule has 134 valence electrons. The second kappa shape index (κ2) is 6.64. The Balaban J connectivity index is 1.72. The van der Waals surface area contributed by atoms with Gasteiger partial charge in [0.05, 0.1) is 28.3 Å². The van der Waals surface area contributed by atoms with Crippen LogP contribution in [-0.2, 0) is 19.9 Å². The van der Waals surface area contributed by atoms with E-state index in [0.29, 0.717) is 17.9 Å². The van der Waals surface area contributed by atoms with Gasteiger partial charge in [-0.15, -0.1) is 0 Å². The number of nitrogens with zero attached hydrogens (tertiary/aromatic N) is 2. The van der Waals surface area contributed by atoms with Crippen LogP contribution in [0.4, 0.5) is 11.5 Å². The van der Waals surface area contributed by atoms with Gasteiger partial charge in [-0.05, 0) is 30.7 Å². The van der Waals surface area contributed by atoms with E-state index in [9.17, 15) is 16.8 Å². The zero-order valence-corrected chi connectivity index (χ0v) is 15.3. The normalized spacial score (nSPS) is 19.5. The highest BCUT2D eigenvalue weighted by Gasteiger charge is 2.31. The summed E-state index contributed by atoms with van der Waals surface area (Å²) in [6, 6.07) is 11.3. The highest BCUT2D eigenvalue weighted by atomic mass is 32.2. The van der Waals surface area contributed by atoms with Crippen LogP contribution in [0.3, 0.4) is 0 Å². The summed E-state index contributed by atoms with van der Waals surface area (Å²) in [6.45, 7) is 0. The second-order valence-electron chi connectivity index (χ2n) is 5.99. The molecule has 0 spiro atoms. The molecule has 1 fully saturated rings. The lowest BCUT2D eigenvalue weighted by Crippen LogP contribution is -2.33. The Bertz CT molecular complexity index is 943. The molecule has 1 atom stereocenters. The van der Waals surface area contributed by atoms with Gasteiger partial charge in [-0.2, -0.15) is 0 Å². The van der Waals surface area contributed by atoms with Crippen molar-refractivity contribution in [3.05, 3.63) is 48.7 Å². The predicted octanol–water partition coefficient (Wildman–Crippen LogP) is 1.51. The van der Waals surface area contributed by atoms with Crippen LogP contribution in [0.15, 0.2) is 53.6 Å². The van der Waals surface area contributed by atoms with Gasteiger partial charge in [0.2, 0.25) is 0 Å². The average Bonchev–Trinajstić information content (AvgIpc) is 2.95. The third kappa shape index (κ3) is 4.10. The Hall–Kier alpha value is -2.13. The smallest absolute Gasteiger partial charge is 0.261 e. The first-order valence-electron chi connectivity index (χ1n) is 7.74. The lowest BCUT2D eigenvalue weighted by atomic mass is 10.2. The maximum atomic E-state index is 12.3. The SMILES string of the molecule is CN(c1ccc(NS(=O)(=O)c2ccccc2)cn1)C1CCS(=O)(=O)C1. The summed E-state index contributed by atoms with van der Waals surface area (Å²) < 4.78 is 50.2. The summed E-state index contributed by atoms with van der Waals surface area (Å²) in [6.07, 6.45) is 2.00. The molecule has 1 aromatic heterocycles. The van der Waals surface area contributed by atoms with Crippen LogP contribution in [0.25, 0.3) is 0 Å². The number of benzene rings is 1. The van der Waals surface area contributed by atoms with E-state index in [1.807, 2.05) is 4.90 Å². The third-order valence-corrected chi connectivity index (χ3v) is 7.32. The highest BCUT2D eigenvalue weighted by Crippen LogP contribution is 2.23. The lowest BCUT2D eigenvalue weighted by Gasteiger charge is -2.24. The maximum Gasteiger partial charge on any atom is 0.261 e. The molecular formula is C16H19N3O4S2. The molecule has 9 heteroatoms. The number of anilines is 2. The van der Waals surface area contributed by atoms with E-state index in [-0.39, 0.29) is 22.4 Å². The first-order valence-corrected chi connectivity index (χ1v) is 11.0. The number of sulfone groups is 1. The number of pyridine rings is 1. The van der Waals surface area contributed by atoms with Crippen LogP contribution in [0.1, 0.15) is 6.42 Å². The van der Waals surface area contributed by atoms with E-state index in [0.717, 1.165) is 0 Å². The van der Waals surface area contributed by atoms with Crippen molar-refractivity contribution in [3.63, 3.8) is 0 Å². The van der Waals surface area contributed by atoms with Gasteiger partial charge in [-0.1, -0.05) is 18.2 Å². The van der Waals surface area contributed by atoms with E-state index in [2.05, 4.69) is 9.71 Å². The van der Waals surface area contributed by atoms with E-state index in [4.69, 9.17) is 0 Å². The van der Waals surface area contributed by atoms with Crippen LogP contribution in [0, 0.1) is 0 Å². The second-order valence-corrected chi connectivity index (χ2v) is 9.90. The number of nitrogens with one attached hydrogen (secondary N) is 1. The summed E-state index contributed by atoms with van der Waals surface area (Å²) in [4.78, 5) is 6.25. The van der Waals surface area contributed by atoms with Crippen molar-refractivity contribution in [2.24, 2.45) is 0 Å². The fourth-order valence-electron chi connectivity index (χ4n) is 2.74. The summed E-state index contributed by atoms with van der Waals surface area (Å²) in [7, 11) is -4.84. The summed E-state index contributed by atoms with van der Waals surface area (Å²) in [5.41, 5.74) is 0.347. The zero-order chi connectivity index (χ0) is 18.1. The molecule has 1 aliphatic heterocycles. The quantitative estimate of drug-likeness (QED) is 0.843. The third-order valence-electron chi connectivity index (χ3n) is 4.17. The van der Waals surface area contributed by atoms with Gasteiger partial charge in [0.1, 0.15) is 5.82 Å².